The van der Waals surface area contributed by atoms with E-state index in [2.05, 4.69) is 6.92 Å². The normalized spacial score (nSPS) is 42.2. The van der Waals surface area contributed by atoms with Crippen LogP contribution in [0.4, 0.5) is 13.2 Å². The summed E-state index contributed by atoms with van der Waals surface area (Å²) >= 11 is 0. The van der Waals surface area contributed by atoms with Gasteiger partial charge in [-0.3, -0.25) is 14.5 Å². The Morgan fingerprint density at radius 1 is 0.833 bits per heavy atom. The third-order valence-corrected chi connectivity index (χ3v) is 12.8. The molecule has 0 bridgehead atoms. The summed E-state index contributed by atoms with van der Waals surface area (Å²) in [5.74, 6) is -0.586. The number of amides is 2. The molecule has 5 atom stereocenters. The lowest BCUT2D eigenvalue weighted by Gasteiger charge is -2.53. The van der Waals surface area contributed by atoms with E-state index >= 15 is 0 Å². The third-order valence-electron chi connectivity index (χ3n) is 10.3. The van der Waals surface area contributed by atoms with Crippen molar-refractivity contribution in [2.24, 2.45) is 41.4 Å². The average molecular weight is 532 g/mol. The minimum absolute atomic E-state index is 0.0123. The molecule has 36 heavy (non-hydrogen) atoms. The van der Waals surface area contributed by atoms with Gasteiger partial charge in [0, 0.05) is 17.9 Å². The molecule has 0 aromatic heterocycles. The van der Waals surface area contributed by atoms with Gasteiger partial charge >= 0.3 is 6.18 Å². The van der Waals surface area contributed by atoms with Crippen molar-refractivity contribution in [3.8, 4) is 0 Å². The molecule has 9 heteroatoms. The van der Waals surface area contributed by atoms with Gasteiger partial charge < -0.3 is 0 Å². The van der Waals surface area contributed by atoms with Gasteiger partial charge in [-0.15, -0.1) is 0 Å². The molecule has 0 N–H and O–H groups in total. The van der Waals surface area contributed by atoms with Gasteiger partial charge in [-0.2, -0.15) is 13.2 Å². The fraction of sp³-hybridized carbons (Fsp3) is 0.926. The first-order chi connectivity index (χ1) is 17.0. The van der Waals surface area contributed by atoms with Crippen LogP contribution in [0.2, 0.25) is 0 Å². The second-order valence-electron chi connectivity index (χ2n) is 12.6. The van der Waals surface area contributed by atoms with E-state index in [-0.39, 0.29) is 60.1 Å². The van der Waals surface area contributed by atoms with Crippen molar-refractivity contribution >= 4 is 21.7 Å². The van der Waals surface area contributed by atoms with Crippen molar-refractivity contribution in [2.45, 2.75) is 108 Å². The van der Waals surface area contributed by atoms with Crippen LogP contribution in [0.3, 0.4) is 0 Å². The summed E-state index contributed by atoms with van der Waals surface area (Å²) in [6.45, 7) is 2.21. The van der Waals surface area contributed by atoms with Gasteiger partial charge in [-0.25, -0.2) is 8.42 Å². The number of rotatable bonds is 4. The number of carbonyl (C=O) groups excluding carboxylic acids is 2. The summed E-state index contributed by atoms with van der Waals surface area (Å²) in [7, 11) is -3.43. The Balaban J connectivity index is 1.20. The zero-order valence-electron chi connectivity index (χ0n) is 21.2. The van der Waals surface area contributed by atoms with Crippen LogP contribution >= 0.6 is 0 Å². The first-order valence-electron chi connectivity index (χ1n) is 14.1. The second-order valence-corrected chi connectivity index (χ2v) is 14.9. The van der Waals surface area contributed by atoms with Crippen molar-refractivity contribution in [1.29, 1.82) is 0 Å². The van der Waals surface area contributed by atoms with Crippen LogP contribution in [0.1, 0.15) is 90.4 Å². The minimum Gasteiger partial charge on any atom is -0.279 e. The third kappa shape index (κ3) is 4.98. The van der Waals surface area contributed by atoms with E-state index in [0.717, 1.165) is 32.1 Å². The fourth-order valence-corrected chi connectivity index (χ4v) is 10.8. The number of hydrogen-bond donors (Lipinski definition) is 0. The maximum absolute atomic E-state index is 13.6. The summed E-state index contributed by atoms with van der Waals surface area (Å²) in [5.41, 5.74) is 0. The summed E-state index contributed by atoms with van der Waals surface area (Å²) < 4.78 is 65.1. The van der Waals surface area contributed by atoms with E-state index in [4.69, 9.17) is 0 Å². The molecule has 1 heterocycles. The van der Waals surface area contributed by atoms with Crippen molar-refractivity contribution in [3.05, 3.63) is 0 Å². The molecule has 0 spiro atoms. The monoisotopic (exact) mass is 531 g/mol. The van der Waals surface area contributed by atoms with Crippen molar-refractivity contribution < 1.29 is 31.2 Å². The Kier molecular flexibility index (Phi) is 7.27. The van der Waals surface area contributed by atoms with Crippen molar-refractivity contribution in [3.63, 3.8) is 0 Å². The van der Waals surface area contributed by atoms with Crippen LogP contribution in [-0.2, 0) is 19.4 Å². The molecular weight excluding hydrogens is 491 g/mol. The topological polar surface area (TPSA) is 71.5 Å². The Labute approximate surface area is 212 Å². The van der Waals surface area contributed by atoms with Gasteiger partial charge in [0.25, 0.3) is 0 Å². The number of hydrogen-bond acceptors (Lipinski definition) is 4. The molecule has 0 radical (unpaired) electrons. The van der Waals surface area contributed by atoms with Gasteiger partial charge in [0.05, 0.1) is 16.9 Å². The number of carbonyl (C=O) groups is 2. The number of sulfone groups is 1. The van der Waals surface area contributed by atoms with Crippen LogP contribution in [0.25, 0.3) is 0 Å². The highest BCUT2D eigenvalue weighted by molar-refractivity contribution is 7.92. The Morgan fingerprint density at radius 2 is 1.47 bits per heavy atom. The molecule has 2 amide bonds. The lowest BCUT2D eigenvalue weighted by Crippen LogP contribution is -2.61. The average Bonchev–Trinajstić information content (AvgIpc) is 2.82. The highest BCUT2D eigenvalue weighted by Gasteiger charge is 2.55. The van der Waals surface area contributed by atoms with Gasteiger partial charge in [-0.05, 0) is 94.3 Å². The molecule has 1 saturated heterocycles. The Hall–Kier alpha value is -1.12. The lowest BCUT2D eigenvalue weighted by molar-refractivity contribution is -0.183. The molecule has 5 unspecified atom stereocenters. The minimum atomic E-state index is -4.19. The van der Waals surface area contributed by atoms with Gasteiger partial charge in [0.2, 0.25) is 11.8 Å². The summed E-state index contributed by atoms with van der Waals surface area (Å²) in [4.78, 5) is 28.7. The van der Waals surface area contributed by atoms with Crippen LogP contribution in [0, 0.1) is 41.4 Å². The predicted octanol–water partition coefficient (Wildman–Crippen LogP) is 5.53. The second kappa shape index (κ2) is 9.88. The molecule has 5 rings (SSSR count). The van der Waals surface area contributed by atoms with Crippen LogP contribution in [-0.4, -0.2) is 48.4 Å². The SMILES string of the molecule is CC1CC2CCCC3C(=O)N(C4CCC(S(=O)(=O)CC5CCC(C(F)(F)F)CC5)CC4)C(=O)C(C1)C23. The van der Waals surface area contributed by atoms with Gasteiger partial charge in [-0.1, -0.05) is 19.8 Å². The van der Waals surface area contributed by atoms with E-state index in [0.29, 0.717) is 50.4 Å². The number of alkyl halides is 3. The van der Waals surface area contributed by atoms with Crippen LogP contribution in [0.5, 0.6) is 0 Å². The molecule has 204 valence electrons. The Morgan fingerprint density at radius 3 is 2.11 bits per heavy atom. The smallest absolute Gasteiger partial charge is 0.279 e. The maximum atomic E-state index is 13.6. The number of likely N-dealkylation sites (tertiary alicyclic amines) is 1. The molecule has 5 fully saturated rings. The van der Waals surface area contributed by atoms with E-state index in [1.54, 1.807) is 4.90 Å². The molecule has 4 saturated carbocycles. The zero-order chi connectivity index (χ0) is 25.8. The van der Waals surface area contributed by atoms with Gasteiger partial charge in [0.1, 0.15) is 0 Å². The zero-order valence-corrected chi connectivity index (χ0v) is 22.0. The van der Waals surface area contributed by atoms with Gasteiger partial charge in [0.15, 0.2) is 9.84 Å². The van der Waals surface area contributed by atoms with Crippen molar-refractivity contribution in [1.82, 2.24) is 4.90 Å². The molecule has 1 aliphatic heterocycles. The molecule has 0 aromatic rings. The maximum Gasteiger partial charge on any atom is 0.391 e. The Bertz CT molecular complexity index is 951. The summed E-state index contributed by atoms with van der Waals surface area (Å²) in [6, 6.07) is -0.225. The fourth-order valence-electron chi connectivity index (χ4n) is 8.56. The highest BCUT2D eigenvalue weighted by atomic mass is 32.2. The molecule has 5 aliphatic rings. The summed E-state index contributed by atoms with van der Waals surface area (Å²) in [5, 5.41) is -0.523. The predicted molar refractivity (Wildman–Crippen MR) is 129 cm³/mol. The van der Waals surface area contributed by atoms with E-state index < -0.39 is 27.2 Å². The standard InChI is InChI=1S/C27H40F3NO4S/c1-16-13-18-3-2-4-22-24(18)23(14-16)26(33)31(25(22)32)20-9-11-21(12-10-20)36(34,35)15-17-5-7-19(8-6-17)27(28,29)30/h16-24H,2-15H2,1H3. The first kappa shape index (κ1) is 26.5. The summed E-state index contributed by atoms with van der Waals surface area (Å²) in [6.07, 6.45) is 3.25. The van der Waals surface area contributed by atoms with E-state index in [1.165, 1.54) is 0 Å². The number of piperidine rings is 1. The van der Waals surface area contributed by atoms with E-state index in [1.807, 2.05) is 0 Å². The van der Waals surface area contributed by atoms with E-state index in [9.17, 15) is 31.2 Å². The molecule has 4 aliphatic carbocycles. The van der Waals surface area contributed by atoms with Crippen molar-refractivity contribution in [2.75, 3.05) is 5.75 Å². The highest BCUT2D eigenvalue weighted by Crippen LogP contribution is 2.52. The first-order valence-corrected chi connectivity index (χ1v) is 15.8. The van der Waals surface area contributed by atoms with Crippen LogP contribution in [0.15, 0.2) is 0 Å². The molecular formula is C27H40F3NO4S. The number of nitrogens with zero attached hydrogens (tertiary/aromatic N) is 1. The van der Waals surface area contributed by atoms with Crippen LogP contribution < -0.4 is 0 Å². The lowest BCUT2D eigenvalue weighted by atomic mass is 9.56. The molecule has 5 nitrogen and oxygen atoms in total. The molecule has 0 aromatic carbocycles. The quantitative estimate of drug-likeness (QED) is 0.448. The number of halogens is 3. The number of imide groups is 1. The largest absolute Gasteiger partial charge is 0.391 e.